The SMILES string of the molecule is CC.CC.CN1CC(C)(C)OC1=O. The van der Waals surface area contributed by atoms with Gasteiger partial charge in [0, 0.05) is 7.05 Å². The Morgan fingerprint density at radius 1 is 1.23 bits per heavy atom. The van der Waals surface area contributed by atoms with Gasteiger partial charge in [-0.3, -0.25) is 0 Å². The first-order valence-corrected chi connectivity index (χ1v) is 4.95. The van der Waals surface area contributed by atoms with Gasteiger partial charge in [0.1, 0.15) is 5.60 Å². The Labute approximate surface area is 82.1 Å². The van der Waals surface area contributed by atoms with Crippen LogP contribution in [0.1, 0.15) is 41.5 Å². The zero-order valence-electron chi connectivity index (χ0n) is 9.97. The predicted molar refractivity (Wildman–Crippen MR) is 55.9 cm³/mol. The number of likely N-dealkylation sites (N-methyl/N-ethyl adjacent to an activating group) is 1. The van der Waals surface area contributed by atoms with Crippen LogP contribution in [-0.4, -0.2) is 30.2 Å². The molecular formula is C10H23NO2. The standard InChI is InChI=1S/C6H11NO2.2C2H6/c1-6(2)4-7(3)5(8)9-6;2*1-2/h4H2,1-3H3;2*1-2H3. The highest BCUT2D eigenvalue weighted by Gasteiger charge is 2.34. The molecule has 0 atom stereocenters. The molecule has 0 aromatic rings. The molecule has 1 rings (SSSR count). The zero-order chi connectivity index (χ0) is 11.1. The lowest BCUT2D eigenvalue weighted by atomic mass is 10.1. The van der Waals surface area contributed by atoms with E-state index in [4.69, 9.17) is 4.74 Å². The van der Waals surface area contributed by atoms with Gasteiger partial charge in [-0.05, 0) is 13.8 Å². The van der Waals surface area contributed by atoms with E-state index in [1.165, 1.54) is 0 Å². The van der Waals surface area contributed by atoms with Gasteiger partial charge in [-0.15, -0.1) is 0 Å². The highest BCUT2D eigenvalue weighted by Crippen LogP contribution is 2.19. The zero-order valence-corrected chi connectivity index (χ0v) is 9.97. The lowest BCUT2D eigenvalue weighted by Gasteiger charge is -2.12. The summed E-state index contributed by atoms with van der Waals surface area (Å²) < 4.78 is 4.95. The summed E-state index contributed by atoms with van der Waals surface area (Å²) in [5, 5.41) is 0. The summed E-state index contributed by atoms with van der Waals surface area (Å²) in [6.07, 6.45) is -0.222. The molecule has 1 aliphatic heterocycles. The topological polar surface area (TPSA) is 29.5 Å². The average Bonchev–Trinajstić information content (AvgIpc) is 2.32. The number of nitrogens with zero attached hydrogens (tertiary/aromatic N) is 1. The van der Waals surface area contributed by atoms with Gasteiger partial charge in [-0.25, -0.2) is 4.79 Å². The fourth-order valence-corrected chi connectivity index (χ4v) is 0.982. The van der Waals surface area contributed by atoms with E-state index in [0.29, 0.717) is 6.54 Å². The minimum Gasteiger partial charge on any atom is -0.442 e. The van der Waals surface area contributed by atoms with Crippen molar-refractivity contribution in [2.24, 2.45) is 0 Å². The van der Waals surface area contributed by atoms with Crippen molar-refractivity contribution in [3.05, 3.63) is 0 Å². The van der Waals surface area contributed by atoms with Crippen molar-refractivity contribution in [2.45, 2.75) is 47.1 Å². The quantitative estimate of drug-likeness (QED) is 0.586. The molecule has 0 unspecified atom stereocenters. The third-order valence-electron chi connectivity index (χ3n) is 1.29. The van der Waals surface area contributed by atoms with Gasteiger partial charge >= 0.3 is 6.09 Å². The molecule has 1 heterocycles. The molecule has 3 heteroatoms. The van der Waals surface area contributed by atoms with Gasteiger partial charge in [0.05, 0.1) is 6.54 Å². The first kappa shape index (κ1) is 14.8. The van der Waals surface area contributed by atoms with Crippen molar-refractivity contribution < 1.29 is 9.53 Å². The molecule has 0 bridgehead atoms. The Balaban J connectivity index is 0. The summed E-state index contributed by atoms with van der Waals surface area (Å²) in [7, 11) is 1.73. The molecule has 0 radical (unpaired) electrons. The molecule has 80 valence electrons. The molecule has 0 aromatic carbocycles. The number of rotatable bonds is 0. The van der Waals surface area contributed by atoms with Crippen molar-refractivity contribution >= 4 is 6.09 Å². The van der Waals surface area contributed by atoms with E-state index < -0.39 is 0 Å². The molecule has 0 spiro atoms. The summed E-state index contributed by atoms with van der Waals surface area (Å²) in [5.74, 6) is 0. The molecular weight excluding hydrogens is 166 g/mol. The summed E-state index contributed by atoms with van der Waals surface area (Å²) in [6, 6.07) is 0. The maximum absolute atomic E-state index is 10.7. The number of carbonyl (C=O) groups excluding carboxylic acids is 1. The first-order valence-electron chi connectivity index (χ1n) is 4.95. The number of cyclic esters (lactones) is 1. The second kappa shape index (κ2) is 6.75. The van der Waals surface area contributed by atoms with Gasteiger partial charge in [0.25, 0.3) is 0 Å². The van der Waals surface area contributed by atoms with Gasteiger partial charge in [0.15, 0.2) is 0 Å². The lowest BCUT2D eigenvalue weighted by molar-refractivity contribution is 0.0861. The highest BCUT2D eigenvalue weighted by atomic mass is 16.6. The molecule has 0 saturated carbocycles. The average molecular weight is 189 g/mol. The number of ether oxygens (including phenoxy) is 1. The monoisotopic (exact) mass is 189 g/mol. The van der Waals surface area contributed by atoms with Gasteiger partial charge in [-0.1, -0.05) is 27.7 Å². The largest absolute Gasteiger partial charge is 0.442 e. The Hall–Kier alpha value is -0.730. The molecule has 1 saturated heterocycles. The smallest absolute Gasteiger partial charge is 0.410 e. The van der Waals surface area contributed by atoms with E-state index in [0.717, 1.165) is 0 Å². The number of hydrogen-bond acceptors (Lipinski definition) is 2. The van der Waals surface area contributed by atoms with Crippen LogP contribution in [0.2, 0.25) is 0 Å². The fraction of sp³-hybridized carbons (Fsp3) is 0.900. The second-order valence-electron chi connectivity index (χ2n) is 2.98. The van der Waals surface area contributed by atoms with Crippen LogP contribution in [0.4, 0.5) is 4.79 Å². The summed E-state index contributed by atoms with van der Waals surface area (Å²) in [4.78, 5) is 12.3. The maximum Gasteiger partial charge on any atom is 0.410 e. The van der Waals surface area contributed by atoms with Crippen LogP contribution in [-0.2, 0) is 4.74 Å². The molecule has 13 heavy (non-hydrogen) atoms. The van der Waals surface area contributed by atoms with Crippen molar-refractivity contribution in [2.75, 3.05) is 13.6 Å². The Morgan fingerprint density at radius 3 is 1.69 bits per heavy atom. The van der Waals surface area contributed by atoms with Crippen LogP contribution in [0.25, 0.3) is 0 Å². The number of hydrogen-bond donors (Lipinski definition) is 0. The normalized spacial score (nSPS) is 17.8. The van der Waals surface area contributed by atoms with Gasteiger partial charge in [0.2, 0.25) is 0 Å². The Morgan fingerprint density at radius 2 is 1.62 bits per heavy atom. The maximum atomic E-state index is 10.7. The van der Waals surface area contributed by atoms with Crippen LogP contribution < -0.4 is 0 Å². The first-order chi connectivity index (χ1) is 6.01. The van der Waals surface area contributed by atoms with E-state index >= 15 is 0 Å². The molecule has 1 aliphatic rings. The number of amides is 1. The third kappa shape index (κ3) is 5.50. The highest BCUT2D eigenvalue weighted by molar-refractivity contribution is 5.70. The predicted octanol–water partition coefficient (Wildman–Crippen LogP) is 2.90. The summed E-state index contributed by atoms with van der Waals surface area (Å²) >= 11 is 0. The molecule has 3 nitrogen and oxygen atoms in total. The van der Waals surface area contributed by atoms with Crippen LogP contribution in [0.3, 0.4) is 0 Å². The Bertz CT molecular complexity index is 144. The second-order valence-corrected chi connectivity index (χ2v) is 2.98. The van der Waals surface area contributed by atoms with Crippen molar-refractivity contribution in [1.29, 1.82) is 0 Å². The van der Waals surface area contributed by atoms with Crippen molar-refractivity contribution in [3.8, 4) is 0 Å². The lowest BCUT2D eigenvalue weighted by Crippen LogP contribution is -2.25. The minimum atomic E-state index is -0.286. The van der Waals surface area contributed by atoms with Crippen LogP contribution in [0, 0.1) is 0 Å². The molecule has 0 N–H and O–H groups in total. The molecule has 1 amide bonds. The van der Waals surface area contributed by atoms with Crippen molar-refractivity contribution in [1.82, 2.24) is 4.90 Å². The van der Waals surface area contributed by atoms with E-state index in [2.05, 4.69) is 0 Å². The number of carbonyl (C=O) groups is 1. The third-order valence-corrected chi connectivity index (χ3v) is 1.29. The fourth-order valence-electron chi connectivity index (χ4n) is 0.982. The van der Waals surface area contributed by atoms with Crippen LogP contribution >= 0.6 is 0 Å². The van der Waals surface area contributed by atoms with Crippen LogP contribution in [0.5, 0.6) is 0 Å². The van der Waals surface area contributed by atoms with E-state index in [1.54, 1.807) is 11.9 Å². The van der Waals surface area contributed by atoms with E-state index in [-0.39, 0.29) is 11.7 Å². The van der Waals surface area contributed by atoms with Gasteiger partial charge in [-0.2, -0.15) is 0 Å². The van der Waals surface area contributed by atoms with E-state index in [9.17, 15) is 4.79 Å². The Kier molecular flexibility index (Phi) is 7.67. The van der Waals surface area contributed by atoms with Crippen LogP contribution in [0.15, 0.2) is 0 Å². The summed E-state index contributed by atoms with van der Waals surface area (Å²) in [6.45, 7) is 12.5. The summed E-state index contributed by atoms with van der Waals surface area (Å²) in [5.41, 5.74) is -0.286. The van der Waals surface area contributed by atoms with Crippen molar-refractivity contribution in [3.63, 3.8) is 0 Å². The minimum absolute atomic E-state index is 0.222. The molecule has 0 aromatic heterocycles. The van der Waals surface area contributed by atoms with Gasteiger partial charge < -0.3 is 9.64 Å². The molecule has 1 fully saturated rings. The molecule has 0 aliphatic carbocycles. The van der Waals surface area contributed by atoms with E-state index in [1.807, 2.05) is 41.5 Å².